The molecule has 0 saturated carbocycles. The summed E-state index contributed by atoms with van der Waals surface area (Å²) in [5.41, 5.74) is 0.607. The summed E-state index contributed by atoms with van der Waals surface area (Å²) >= 11 is 5.80. The summed E-state index contributed by atoms with van der Waals surface area (Å²) in [6.45, 7) is 0. The Morgan fingerprint density at radius 1 is 1.25 bits per heavy atom. The van der Waals surface area contributed by atoms with Crippen LogP contribution in [0.15, 0.2) is 30.0 Å². The molecule has 5 heteroatoms. The van der Waals surface area contributed by atoms with E-state index in [1.165, 1.54) is 7.11 Å². The van der Waals surface area contributed by atoms with E-state index in [-0.39, 0.29) is 11.3 Å². The third-order valence-corrected chi connectivity index (χ3v) is 2.35. The monoisotopic (exact) mass is 238 g/mol. The highest BCUT2D eigenvalue weighted by molar-refractivity contribution is 6.32. The van der Waals surface area contributed by atoms with Crippen LogP contribution in [0.4, 0.5) is 0 Å². The number of cyclic esters (lactones) is 2. The van der Waals surface area contributed by atoms with Gasteiger partial charge in [-0.05, 0) is 17.7 Å². The number of methoxy groups -OCH3 is 1. The van der Waals surface area contributed by atoms with Gasteiger partial charge in [-0.25, -0.2) is 9.59 Å². The van der Waals surface area contributed by atoms with Crippen molar-refractivity contribution >= 4 is 29.1 Å². The summed E-state index contributed by atoms with van der Waals surface area (Å²) in [5, 5.41) is 0.465. The quantitative estimate of drug-likeness (QED) is 0.582. The first-order chi connectivity index (χ1) is 7.63. The summed E-state index contributed by atoms with van der Waals surface area (Å²) in [4.78, 5) is 22.7. The fourth-order valence-corrected chi connectivity index (χ4v) is 1.64. The van der Waals surface area contributed by atoms with Crippen molar-refractivity contribution in [1.82, 2.24) is 0 Å². The molecular weight excluding hydrogens is 232 g/mol. The molecule has 0 atom stereocenters. The number of benzene rings is 1. The van der Waals surface area contributed by atoms with Gasteiger partial charge >= 0.3 is 11.9 Å². The lowest BCUT2D eigenvalue weighted by atomic mass is 10.1. The second-order valence-corrected chi connectivity index (χ2v) is 3.53. The van der Waals surface area contributed by atoms with Crippen molar-refractivity contribution in [3.05, 3.63) is 40.6 Å². The van der Waals surface area contributed by atoms with Crippen molar-refractivity contribution < 1.29 is 19.1 Å². The maximum atomic E-state index is 11.4. The van der Waals surface area contributed by atoms with Crippen LogP contribution in [-0.2, 0) is 19.1 Å². The van der Waals surface area contributed by atoms with E-state index < -0.39 is 11.9 Å². The second kappa shape index (κ2) is 3.98. The van der Waals surface area contributed by atoms with Crippen molar-refractivity contribution in [1.29, 1.82) is 0 Å². The molecule has 0 fully saturated rings. The van der Waals surface area contributed by atoms with E-state index >= 15 is 0 Å². The Kier molecular flexibility index (Phi) is 2.66. The van der Waals surface area contributed by atoms with Crippen molar-refractivity contribution in [2.45, 2.75) is 0 Å². The van der Waals surface area contributed by atoms with Gasteiger partial charge in [-0.3, -0.25) is 0 Å². The largest absolute Gasteiger partial charge is 0.489 e. The molecule has 1 aliphatic heterocycles. The Hall–Kier alpha value is -1.81. The van der Waals surface area contributed by atoms with E-state index in [4.69, 9.17) is 16.3 Å². The Morgan fingerprint density at radius 3 is 2.62 bits per heavy atom. The molecule has 0 spiro atoms. The van der Waals surface area contributed by atoms with Gasteiger partial charge in [-0.1, -0.05) is 23.7 Å². The Labute approximate surface area is 96.4 Å². The van der Waals surface area contributed by atoms with Gasteiger partial charge in [0.25, 0.3) is 0 Å². The minimum Gasteiger partial charge on any atom is -0.489 e. The highest BCUT2D eigenvalue weighted by Gasteiger charge is 2.35. The predicted octanol–water partition coefficient (Wildman–Crippen LogP) is 1.78. The van der Waals surface area contributed by atoms with Crippen LogP contribution in [0, 0.1) is 0 Å². The number of carbonyl (C=O) groups is 2. The van der Waals surface area contributed by atoms with E-state index in [0.717, 1.165) is 0 Å². The fourth-order valence-electron chi connectivity index (χ4n) is 1.45. The molecule has 2 rings (SSSR count). The zero-order chi connectivity index (χ0) is 11.7. The highest BCUT2D eigenvalue weighted by atomic mass is 35.5. The molecule has 0 unspecified atom stereocenters. The predicted molar refractivity (Wildman–Crippen MR) is 56.5 cm³/mol. The van der Waals surface area contributed by atoms with Crippen LogP contribution in [0.5, 0.6) is 0 Å². The fraction of sp³-hybridized carbons (Fsp3) is 0.0909. The van der Waals surface area contributed by atoms with Gasteiger partial charge in [0.1, 0.15) is 5.57 Å². The van der Waals surface area contributed by atoms with Crippen molar-refractivity contribution in [3.63, 3.8) is 0 Å². The Bertz CT molecular complexity index is 504. The second-order valence-electron chi connectivity index (χ2n) is 3.10. The van der Waals surface area contributed by atoms with Gasteiger partial charge in [0, 0.05) is 5.02 Å². The standard InChI is InChI=1S/C11H7ClO4/c1-15-9-8(10(13)16-11(9)14)6-3-2-4-7(12)5-6/h2-5H,1H3. The molecule has 0 N–H and O–H groups in total. The molecule has 0 saturated heterocycles. The maximum absolute atomic E-state index is 11.4. The maximum Gasteiger partial charge on any atom is 0.382 e. The number of ether oxygens (including phenoxy) is 2. The van der Waals surface area contributed by atoms with E-state index in [9.17, 15) is 9.59 Å². The first kappa shape index (κ1) is 10.7. The number of rotatable bonds is 2. The van der Waals surface area contributed by atoms with E-state index in [0.29, 0.717) is 10.6 Å². The average molecular weight is 239 g/mol. The number of halogens is 1. The summed E-state index contributed by atoms with van der Waals surface area (Å²) in [6, 6.07) is 6.56. The number of esters is 2. The van der Waals surface area contributed by atoms with Crippen LogP contribution in [0.2, 0.25) is 5.02 Å². The molecule has 0 bridgehead atoms. The van der Waals surface area contributed by atoms with Crippen molar-refractivity contribution in [2.24, 2.45) is 0 Å². The third-order valence-electron chi connectivity index (χ3n) is 2.12. The molecule has 16 heavy (non-hydrogen) atoms. The smallest absolute Gasteiger partial charge is 0.382 e. The zero-order valence-corrected chi connectivity index (χ0v) is 9.08. The normalized spacial score (nSPS) is 15.4. The summed E-state index contributed by atoms with van der Waals surface area (Å²) in [5.74, 6) is -1.58. The molecule has 1 aromatic carbocycles. The zero-order valence-electron chi connectivity index (χ0n) is 8.32. The van der Waals surface area contributed by atoms with Crippen LogP contribution in [-0.4, -0.2) is 19.0 Å². The van der Waals surface area contributed by atoms with E-state index in [1.54, 1.807) is 24.3 Å². The summed E-state index contributed by atoms with van der Waals surface area (Å²) in [6.07, 6.45) is 0. The molecule has 0 aliphatic carbocycles. The Balaban J connectivity index is 2.57. The van der Waals surface area contributed by atoms with Crippen LogP contribution < -0.4 is 0 Å². The van der Waals surface area contributed by atoms with Gasteiger partial charge < -0.3 is 9.47 Å². The molecule has 4 nitrogen and oxygen atoms in total. The van der Waals surface area contributed by atoms with Crippen LogP contribution >= 0.6 is 11.6 Å². The number of hydrogen-bond acceptors (Lipinski definition) is 4. The SMILES string of the molecule is COC1=C(c2cccc(Cl)c2)C(=O)OC1=O. The van der Waals surface area contributed by atoms with Gasteiger partial charge in [0.05, 0.1) is 7.11 Å². The molecular formula is C11H7ClO4. The van der Waals surface area contributed by atoms with Crippen LogP contribution in [0.3, 0.4) is 0 Å². The molecule has 0 radical (unpaired) electrons. The lowest BCUT2D eigenvalue weighted by molar-refractivity contribution is -0.151. The summed E-state index contributed by atoms with van der Waals surface area (Å²) < 4.78 is 9.29. The average Bonchev–Trinajstić information content (AvgIpc) is 2.52. The number of hydrogen-bond donors (Lipinski definition) is 0. The first-order valence-corrected chi connectivity index (χ1v) is 4.82. The van der Waals surface area contributed by atoms with Gasteiger partial charge in [0.2, 0.25) is 5.76 Å². The molecule has 82 valence electrons. The van der Waals surface area contributed by atoms with Gasteiger partial charge in [-0.15, -0.1) is 0 Å². The van der Waals surface area contributed by atoms with Crippen LogP contribution in [0.1, 0.15) is 5.56 Å². The van der Waals surface area contributed by atoms with Crippen molar-refractivity contribution in [3.8, 4) is 0 Å². The van der Waals surface area contributed by atoms with Crippen LogP contribution in [0.25, 0.3) is 5.57 Å². The Morgan fingerprint density at radius 2 is 2.00 bits per heavy atom. The van der Waals surface area contributed by atoms with E-state index in [2.05, 4.69) is 4.74 Å². The molecule has 1 aromatic rings. The highest BCUT2D eigenvalue weighted by Crippen LogP contribution is 2.28. The van der Waals surface area contributed by atoms with Gasteiger partial charge in [0.15, 0.2) is 0 Å². The lowest BCUT2D eigenvalue weighted by Crippen LogP contribution is -2.02. The first-order valence-electron chi connectivity index (χ1n) is 4.44. The molecule has 0 aromatic heterocycles. The minimum atomic E-state index is -0.775. The van der Waals surface area contributed by atoms with Crippen molar-refractivity contribution in [2.75, 3.05) is 7.11 Å². The lowest BCUT2D eigenvalue weighted by Gasteiger charge is -2.01. The molecule has 1 aliphatic rings. The minimum absolute atomic E-state index is 0.0905. The topological polar surface area (TPSA) is 52.6 Å². The van der Waals surface area contributed by atoms with Gasteiger partial charge in [-0.2, -0.15) is 0 Å². The summed E-state index contributed by atoms with van der Waals surface area (Å²) in [7, 11) is 1.31. The molecule has 1 heterocycles. The third kappa shape index (κ3) is 1.67. The molecule has 0 amide bonds. The number of carbonyl (C=O) groups excluding carboxylic acids is 2. The van der Waals surface area contributed by atoms with E-state index in [1.807, 2.05) is 0 Å².